The van der Waals surface area contributed by atoms with Crippen molar-refractivity contribution in [2.45, 2.75) is 66.6 Å². The second kappa shape index (κ2) is 5.86. The maximum Gasteiger partial charge on any atom is 0.0598 e. The zero-order valence-corrected chi connectivity index (χ0v) is 11.5. The van der Waals surface area contributed by atoms with Gasteiger partial charge in [0, 0.05) is 6.61 Å². The van der Waals surface area contributed by atoms with Gasteiger partial charge in [0.1, 0.15) is 0 Å². The van der Waals surface area contributed by atoms with E-state index in [-0.39, 0.29) is 11.0 Å². The molecule has 92 valence electrons. The van der Waals surface area contributed by atoms with Crippen LogP contribution in [0.2, 0.25) is 0 Å². The van der Waals surface area contributed by atoms with E-state index >= 15 is 0 Å². The molecule has 0 aromatic rings. The van der Waals surface area contributed by atoms with Gasteiger partial charge in [-0.15, -0.1) is 0 Å². The van der Waals surface area contributed by atoms with E-state index in [1.165, 1.54) is 0 Å². The molecule has 0 unspecified atom stereocenters. The predicted octanol–water partition coefficient (Wildman–Crippen LogP) is 3.64. The van der Waals surface area contributed by atoms with E-state index in [1.54, 1.807) is 0 Å². The van der Waals surface area contributed by atoms with Crippen molar-refractivity contribution in [2.24, 2.45) is 5.41 Å². The Bertz CT molecular complexity index is 166. The lowest BCUT2D eigenvalue weighted by Gasteiger charge is -2.29. The molecule has 0 atom stereocenters. The Kier molecular flexibility index (Phi) is 5.82. The van der Waals surface area contributed by atoms with E-state index in [0.717, 1.165) is 19.6 Å². The van der Waals surface area contributed by atoms with E-state index in [2.05, 4.69) is 48.5 Å². The van der Waals surface area contributed by atoms with Crippen LogP contribution in [0.5, 0.6) is 0 Å². The van der Waals surface area contributed by atoms with Crippen LogP contribution < -0.4 is 0 Å². The third kappa shape index (κ3) is 10.2. The van der Waals surface area contributed by atoms with Crippen molar-refractivity contribution in [3.8, 4) is 0 Å². The second-order valence-corrected chi connectivity index (χ2v) is 6.23. The first kappa shape index (κ1) is 14.9. The van der Waals surface area contributed by atoms with Gasteiger partial charge in [0.05, 0.1) is 18.3 Å². The van der Waals surface area contributed by atoms with Gasteiger partial charge >= 0.3 is 0 Å². The highest BCUT2D eigenvalue weighted by Crippen LogP contribution is 2.23. The third-order valence-corrected chi connectivity index (χ3v) is 2.13. The Labute approximate surface area is 95.3 Å². The first-order chi connectivity index (χ1) is 6.62. The molecule has 0 aliphatic carbocycles. The number of rotatable bonds is 6. The van der Waals surface area contributed by atoms with Crippen molar-refractivity contribution in [3.05, 3.63) is 0 Å². The molecule has 0 rings (SSSR count). The Morgan fingerprint density at radius 1 is 1.00 bits per heavy atom. The highest BCUT2D eigenvalue weighted by molar-refractivity contribution is 4.70. The fourth-order valence-corrected chi connectivity index (χ4v) is 1.05. The molecule has 0 fully saturated rings. The molecule has 2 nitrogen and oxygen atoms in total. The summed E-state index contributed by atoms with van der Waals surface area (Å²) in [5.41, 5.74) is 0.151. The molecule has 0 aromatic carbocycles. The SMILES string of the molecule is CC(C)OCCC(C)(C)COC(C)(C)C. The van der Waals surface area contributed by atoms with E-state index in [0.29, 0.717) is 6.10 Å². The molecule has 0 saturated heterocycles. The first-order valence-electron chi connectivity index (χ1n) is 5.88. The Balaban J connectivity index is 3.77. The van der Waals surface area contributed by atoms with Crippen LogP contribution in [0, 0.1) is 5.41 Å². The van der Waals surface area contributed by atoms with Crippen LogP contribution >= 0.6 is 0 Å². The molecule has 0 bridgehead atoms. The first-order valence-corrected chi connectivity index (χ1v) is 5.88. The zero-order chi connectivity index (χ0) is 12.1. The average molecular weight is 216 g/mol. The van der Waals surface area contributed by atoms with E-state index in [9.17, 15) is 0 Å². The predicted molar refractivity (Wildman–Crippen MR) is 65.2 cm³/mol. The zero-order valence-electron chi connectivity index (χ0n) is 11.5. The van der Waals surface area contributed by atoms with Crippen molar-refractivity contribution in [1.82, 2.24) is 0 Å². The molecule has 0 heterocycles. The van der Waals surface area contributed by atoms with Gasteiger partial charge in [0.25, 0.3) is 0 Å². The minimum atomic E-state index is -0.0455. The van der Waals surface area contributed by atoms with Gasteiger partial charge in [-0.2, -0.15) is 0 Å². The summed E-state index contributed by atoms with van der Waals surface area (Å²) in [6, 6.07) is 0. The number of ether oxygens (including phenoxy) is 2. The van der Waals surface area contributed by atoms with Crippen molar-refractivity contribution in [3.63, 3.8) is 0 Å². The summed E-state index contributed by atoms with van der Waals surface area (Å²) in [5, 5.41) is 0. The van der Waals surface area contributed by atoms with E-state index < -0.39 is 0 Å². The molecule has 0 amide bonds. The maximum absolute atomic E-state index is 5.80. The standard InChI is InChI=1S/C13H28O2/c1-11(2)14-9-8-13(6,7)10-15-12(3,4)5/h11H,8-10H2,1-7H3. The highest BCUT2D eigenvalue weighted by Gasteiger charge is 2.21. The molecular formula is C13H28O2. The molecule has 0 radical (unpaired) electrons. The molecule has 0 aliphatic heterocycles. The maximum atomic E-state index is 5.80. The summed E-state index contributed by atoms with van der Waals surface area (Å²) in [5.74, 6) is 0. The topological polar surface area (TPSA) is 18.5 Å². The van der Waals surface area contributed by atoms with Crippen molar-refractivity contribution in [1.29, 1.82) is 0 Å². The van der Waals surface area contributed by atoms with Crippen LogP contribution in [-0.4, -0.2) is 24.9 Å². The molecule has 0 spiro atoms. The van der Waals surface area contributed by atoms with Crippen LogP contribution in [0.1, 0.15) is 54.9 Å². The Hall–Kier alpha value is -0.0800. The lowest BCUT2D eigenvalue weighted by atomic mass is 9.90. The van der Waals surface area contributed by atoms with Crippen molar-refractivity contribution >= 4 is 0 Å². The number of hydrogen-bond donors (Lipinski definition) is 0. The van der Waals surface area contributed by atoms with Gasteiger partial charge < -0.3 is 9.47 Å². The molecule has 0 aliphatic rings. The average Bonchev–Trinajstić information content (AvgIpc) is 1.99. The normalized spacial score (nSPS) is 13.6. The minimum Gasteiger partial charge on any atom is -0.379 e. The fraction of sp³-hybridized carbons (Fsp3) is 1.00. The lowest BCUT2D eigenvalue weighted by molar-refractivity contribution is -0.0533. The molecule has 0 saturated carbocycles. The van der Waals surface area contributed by atoms with Gasteiger partial charge in [-0.3, -0.25) is 0 Å². The van der Waals surface area contributed by atoms with Crippen LogP contribution in [-0.2, 0) is 9.47 Å². The molecular weight excluding hydrogens is 188 g/mol. The molecule has 2 heteroatoms. The summed E-state index contributed by atoms with van der Waals surface area (Å²) in [7, 11) is 0. The summed E-state index contributed by atoms with van der Waals surface area (Å²) in [4.78, 5) is 0. The largest absolute Gasteiger partial charge is 0.379 e. The van der Waals surface area contributed by atoms with Gasteiger partial charge in [0.15, 0.2) is 0 Å². The molecule has 15 heavy (non-hydrogen) atoms. The summed E-state index contributed by atoms with van der Waals surface area (Å²) in [6.45, 7) is 16.5. The quantitative estimate of drug-likeness (QED) is 0.675. The lowest BCUT2D eigenvalue weighted by Crippen LogP contribution is -2.29. The summed E-state index contributed by atoms with van der Waals surface area (Å²) >= 11 is 0. The molecule has 0 N–H and O–H groups in total. The fourth-order valence-electron chi connectivity index (χ4n) is 1.05. The smallest absolute Gasteiger partial charge is 0.0598 e. The van der Waals surface area contributed by atoms with Crippen LogP contribution in [0.15, 0.2) is 0 Å². The van der Waals surface area contributed by atoms with Gasteiger partial charge in [-0.05, 0) is 46.5 Å². The van der Waals surface area contributed by atoms with E-state index in [1.807, 2.05) is 0 Å². The Morgan fingerprint density at radius 2 is 1.53 bits per heavy atom. The van der Waals surface area contributed by atoms with Crippen LogP contribution in [0.4, 0.5) is 0 Å². The monoisotopic (exact) mass is 216 g/mol. The van der Waals surface area contributed by atoms with Gasteiger partial charge in [-0.1, -0.05) is 13.8 Å². The van der Waals surface area contributed by atoms with E-state index in [4.69, 9.17) is 9.47 Å². The van der Waals surface area contributed by atoms with Crippen LogP contribution in [0.25, 0.3) is 0 Å². The third-order valence-electron chi connectivity index (χ3n) is 2.13. The van der Waals surface area contributed by atoms with Gasteiger partial charge in [0.2, 0.25) is 0 Å². The second-order valence-electron chi connectivity index (χ2n) is 6.23. The van der Waals surface area contributed by atoms with Crippen molar-refractivity contribution < 1.29 is 9.47 Å². The summed E-state index contributed by atoms with van der Waals surface area (Å²) < 4.78 is 11.4. The number of hydrogen-bond acceptors (Lipinski definition) is 2. The van der Waals surface area contributed by atoms with Crippen LogP contribution in [0.3, 0.4) is 0 Å². The summed E-state index contributed by atoms with van der Waals surface area (Å²) in [6.07, 6.45) is 1.37. The highest BCUT2D eigenvalue weighted by atomic mass is 16.5. The van der Waals surface area contributed by atoms with Gasteiger partial charge in [-0.25, -0.2) is 0 Å². The minimum absolute atomic E-state index is 0.0455. The van der Waals surface area contributed by atoms with Crippen molar-refractivity contribution in [2.75, 3.05) is 13.2 Å². The molecule has 0 aromatic heterocycles. The Morgan fingerprint density at radius 3 is 1.93 bits per heavy atom.